The van der Waals surface area contributed by atoms with Crippen molar-refractivity contribution in [1.29, 1.82) is 0 Å². The molecule has 1 aliphatic heterocycles. The molecule has 6 heteroatoms. The van der Waals surface area contributed by atoms with Gasteiger partial charge in [0.05, 0.1) is 17.1 Å². The molecule has 1 amide bonds. The van der Waals surface area contributed by atoms with Crippen molar-refractivity contribution >= 4 is 34.7 Å². The molecule has 0 saturated carbocycles. The molecule has 20 heavy (non-hydrogen) atoms. The second kappa shape index (κ2) is 5.85. The van der Waals surface area contributed by atoms with Gasteiger partial charge >= 0.3 is 0 Å². The molecule has 2 heterocycles. The number of nitrogens with zero attached hydrogens (tertiary/aromatic N) is 2. The van der Waals surface area contributed by atoms with Crippen molar-refractivity contribution in [2.75, 3.05) is 16.9 Å². The van der Waals surface area contributed by atoms with E-state index in [0.717, 1.165) is 35.6 Å². The Kier molecular flexibility index (Phi) is 3.93. The summed E-state index contributed by atoms with van der Waals surface area (Å²) in [6, 6.07) is 7.86. The topological polar surface area (TPSA) is 59.0 Å². The van der Waals surface area contributed by atoms with Gasteiger partial charge in [0.2, 0.25) is 11.9 Å². The highest BCUT2D eigenvalue weighted by Crippen LogP contribution is 2.20. The third-order valence-electron chi connectivity index (χ3n) is 3.37. The van der Waals surface area contributed by atoms with Crippen molar-refractivity contribution in [3.8, 4) is 0 Å². The summed E-state index contributed by atoms with van der Waals surface area (Å²) in [7, 11) is 0. The van der Waals surface area contributed by atoms with Crippen LogP contribution in [0.25, 0.3) is 11.0 Å². The van der Waals surface area contributed by atoms with Gasteiger partial charge in [-0.05, 0) is 18.6 Å². The molecule has 0 bridgehead atoms. The summed E-state index contributed by atoms with van der Waals surface area (Å²) in [5, 5.41) is 6.14. The molecular formula is C14H18N4OS. The smallest absolute Gasteiger partial charge is 0.244 e. The van der Waals surface area contributed by atoms with Crippen LogP contribution in [0.5, 0.6) is 0 Å². The van der Waals surface area contributed by atoms with Crippen molar-refractivity contribution < 1.29 is 4.79 Å². The van der Waals surface area contributed by atoms with Gasteiger partial charge in [-0.15, -0.1) is 11.8 Å². The maximum Gasteiger partial charge on any atom is 0.244 e. The van der Waals surface area contributed by atoms with E-state index in [9.17, 15) is 4.79 Å². The van der Waals surface area contributed by atoms with Crippen LogP contribution in [-0.2, 0) is 11.3 Å². The van der Waals surface area contributed by atoms with Gasteiger partial charge in [0.15, 0.2) is 0 Å². The number of aryl methyl sites for hydroxylation is 1. The molecule has 1 unspecified atom stereocenters. The highest BCUT2D eigenvalue weighted by Gasteiger charge is 2.24. The van der Waals surface area contributed by atoms with E-state index in [1.54, 1.807) is 11.8 Å². The fraction of sp³-hybridized carbons (Fsp3) is 0.429. The number of carbonyl (C=O) groups excluding carboxylic acids is 1. The van der Waals surface area contributed by atoms with Gasteiger partial charge in [-0.3, -0.25) is 15.4 Å². The number of fused-ring (bicyclic) bond motifs is 1. The van der Waals surface area contributed by atoms with Gasteiger partial charge in [0, 0.05) is 18.2 Å². The van der Waals surface area contributed by atoms with Gasteiger partial charge in [0.1, 0.15) is 0 Å². The lowest BCUT2D eigenvalue weighted by atomic mass is 10.3. The third kappa shape index (κ3) is 2.53. The highest BCUT2D eigenvalue weighted by atomic mass is 32.2. The van der Waals surface area contributed by atoms with E-state index in [4.69, 9.17) is 0 Å². The Morgan fingerprint density at radius 3 is 3.15 bits per heavy atom. The molecule has 0 spiro atoms. The lowest BCUT2D eigenvalue weighted by Crippen LogP contribution is -2.38. The molecule has 1 aromatic carbocycles. The van der Waals surface area contributed by atoms with E-state index >= 15 is 0 Å². The van der Waals surface area contributed by atoms with Crippen molar-refractivity contribution in [3.63, 3.8) is 0 Å². The van der Waals surface area contributed by atoms with E-state index in [1.807, 2.05) is 24.3 Å². The van der Waals surface area contributed by atoms with Crippen molar-refractivity contribution in [3.05, 3.63) is 24.3 Å². The summed E-state index contributed by atoms with van der Waals surface area (Å²) < 4.78 is 2.08. The van der Waals surface area contributed by atoms with Crippen LogP contribution < -0.4 is 10.6 Å². The largest absolute Gasteiger partial charge is 0.310 e. The summed E-state index contributed by atoms with van der Waals surface area (Å²) in [4.78, 5) is 16.7. The number of hydrogen-bond acceptors (Lipinski definition) is 4. The summed E-state index contributed by atoms with van der Waals surface area (Å²) >= 11 is 1.74. The number of carbonyl (C=O) groups is 1. The lowest BCUT2D eigenvalue weighted by molar-refractivity contribution is -0.117. The van der Waals surface area contributed by atoms with Crippen molar-refractivity contribution in [2.45, 2.75) is 25.9 Å². The van der Waals surface area contributed by atoms with Crippen LogP contribution >= 0.6 is 11.8 Å². The molecule has 1 atom stereocenters. The first-order valence-corrected chi connectivity index (χ1v) is 8.02. The number of amides is 1. The molecule has 1 fully saturated rings. The zero-order valence-corrected chi connectivity index (χ0v) is 12.2. The van der Waals surface area contributed by atoms with Crippen LogP contribution in [0.15, 0.2) is 24.3 Å². The second-order valence-corrected chi connectivity index (χ2v) is 5.87. The highest BCUT2D eigenvalue weighted by molar-refractivity contribution is 7.99. The predicted molar refractivity (Wildman–Crippen MR) is 82.9 cm³/mol. The Balaban J connectivity index is 1.89. The van der Waals surface area contributed by atoms with Crippen LogP contribution in [-0.4, -0.2) is 33.1 Å². The molecule has 2 N–H and O–H groups in total. The van der Waals surface area contributed by atoms with Crippen molar-refractivity contribution in [2.24, 2.45) is 0 Å². The van der Waals surface area contributed by atoms with Crippen LogP contribution in [0.2, 0.25) is 0 Å². The first-order valence-electron chi connectivity index (χ1n) is 6.87. The number of anilines is 1. The first-order chi connectivity index (χ1) is 9.79. The second-order valence-electron chi connectivity index (χ2n) is 4.84. The molecule has 1 aromatic heterocycles. The molecule has 0 radical (unpaired) electrons. The zero-order valence-electron chi connectivity index (χ0n) is 11.4. The molecule has 106 valence electrons. The molecule has 1 aliphatic rings. The minimum absolute atomic E-state index is 0.00246. The summed E-state index contributed by atoms with van der Waals surface area (Å²) in [5.74, 6) is 2.31. The Labute approximate surface area is 122 Å². The van der Waals surface area contributed by atoms with E-state index in [-0.39, 0.29) is 11.9 Å². The summed E-state index contributed by atoms with van der Waals surface area (Å²) in [5.41, 5.74) is 1.99. The van der Waals surface area contributed by atoms with Gasteiger partial charge in [-0.25, -0.2) is 4.98 Å². The minimum atomic E-state index is -0.116. The molecule has 3 rings (SSSR count). The van der Waals surface area contributed by atoms with Gasteiger partial charge in [-0.2, -0.15) is 0 Å². The average Bonchev–Trinajstić information content (AvgIpc) is 3.08. The van der Waals surface area contributed by atoms with Gasteiger partial charge in [-0.1, -0.05) is 19.1 Å². The fourth-order valence-electron chi connectivity index (χ4n) is 2.38. The number of aromatic nitrogens is 2. The molecule has 5 nitrogen and oxygen atoms in total. The lowest BCUT2D eigenvalue weighted by Gasteiger charge is -2.12. The number of nitrogens with one attached hydrogen (secondary N) is 2. The SMILES string of the molecule is CCCn1c(NC(=O)C2CSCN2)nc2ccccc21. The number of rotatable bonds is 4. The standard InChI is InChI=1S/C14H18N4OS/c1-2-7-18-12-6-4-3-5-10(12)16-14(18)17-13(19)11-8-20-9-15-11/h3-6,11,15H,2,7-9H2,1H3,(H,16,17,19). The molecular weight excluding hydrogens is 272 g/mol. The minimum Gasteiger partial charge on any atom is -0.310 e. The predicted octanol–water partition coefficient (Wildman–Crippen LogP) is 2.05. The van der Waals surface area contributed by atoms with E-state index < -0.39 is 0 Å². The van der Waals surface area contributed by atoms with Gasteiger partial charge in [0.25, 0.3) is 0 Å². The third-order valence-corrected chi connectivity index (χ3v) is 4.31. The Hall–Kier alpha value is -1.53. The Bertz CT molecular complexity index is 619. The Morgan fingerprint density at radius 1 is 1.55 bits per heavy atom. The Morgan fingerprint density at radius 2 is 2.40 bits per heavy atom. The zero-order chi connectivity index (χ0) is 13.9. The number of imidazole rings is 1. The number of thioether (sulfide) groups is 1. The number of benzene rings is 1. The first kappa shape index (κ1) is 13.5. The number of hydrogen-bond donors (Lipinski definition) is 2. The van der Waals surface area contributed by atoms with E-state index in [1.165, 1.54) is 0 Å². The molecule has 1 saturated heterocycles. The van der Waals surface area contributed by atoms with E-state index in [0.29, 0.717) is 5.95 Å². The molecule has 2 aromatic rings. The maximum atomic E-state index is 12.2. The summed E-state index contributed by atoms with van der Waals surface area (Å²) in [6.07, 6.45) is 1.00. The van der Waals surface area contributed by atoms with Crippen molar-refractivity contribution in [1.82, 2.24) is 14.9 Å². The maximum absolute atomic E-state index is 12.2. The molecule has 0 aliphatic carbocycles. The van der Waals surface area contributed by atoms with Gasteiger partial charge < -0.3 is 4.57 Å². The van der Waals surface area contributed by atoms with Crippen LogP contribution in [0.1, 0.15) is 13.3 Å². The van der Waals surface area contributed by atoms with Crippen LogP contribution in [0, 0.1) is 0 Å². The van der Waals surface area contributed by atoms with E-state index in [2.05, 4.69) is 27.1 Å². The fourth-order valence-corrected chi connectivity index (χ4v) is 3.32. The van der Waals surface area contributed by atoms with Crippen LogP contribution in [0.4, 0.5) is 5.95 Å². The summed E-state index contributed by atoms with van der Waals surface area (Å²) in [6.45, 7) is 2.97. The average molecular weight is 290 g/mol. The normalized spacial score (nSPS) is 18.6. The monoisotopic (exact) mass is 290 g/mol. The number of para-hydroxylation sites is 2. The quantitative estimate of drug-likeness (QED) is 0.905. The van der Waals surface area contributed by atoms with Crippen LogP contribution in [0.3, 0.4) is 0 Å².